The highest BCUT2D eigenvalue weighted by molar-refractivity contribution is 6.15. The van der Waals surface area contributed by atoms with Crippen molar-refractivity contribution in [2.45, 2.75) is 39.0 Å². The lowest BCUT2D eigenvalue weighted by molar-refractivity contribution is -0.517. The fraction of sp³-hybridized carbons (Fsp3) is 0.375. The van der Waals surface area contributed by atoms with E-state index >= 15 is 0 Å². The number of anilines is 1. The van der Waals surface area contributed by atoms with E-state index in [4.69, 9.17) is 9.47 Å². The van der Waals surface area contributed by atoms with Crippen molar-refractivity contribution in [3.8, 4) is 0 Å². The average molecular weight is 334 g/mol. The lowest BCUT2D eigenvalue weighted by Crippen LogP contribution is -2.42. The van der Waals surface area contributed by atoms with E-state index in [0.717, 1.165) is 5.56 Å². The van der Waals surface area contributed by atoms with Gasteiger partial charge in [0.05, 0.1) is 0 Å². The Hall–Kier alpha value is -2.90. The lowest BCUT2D eigenvalue weighted by Gasteiger charge is -2.29. The third kappa shape index (κ3) is 4.31. The maximum absolute atomic E-state index is 11.8. The van der Waals surface area contributed by atoms with Gasteiger partial charge in [-0.05, 0) is 17.7 Å². The highest BCUT2D eigenvalue weighted by Gasteiger charge is 2.38. The summed E-state index contributed by atoms with van der Waals surface area (Å²) >= 11 is 0. The van der Waals surface area contributed by atoms with E-state index in [1.54, 1.807) is 31.2 Å². The van der Waals surface area contributed by atoms with E-state index < -0.39 is 23.8 Å². The van der Waals surface area contributed by atoms with Crippen LogP contribution in [0.4, 0.5) is 5.69 Å². The van der Waals surface area contributed by atoms with Crippen LogP contribution in [0.2, 0.25) is 0 Å². The van der Waals surface area contributed by atoms with Crippen molar-refractivity contribution in [3.63, 3.8) is 0 Å². The van der Waals surface area contributed by atoms with Crippen LogP contribution in [0.1, 0.15) is 26.3 Å². The molecule has 1 N–H and O–H groups in total. The van der Waals surface area contributed by atoms with Crippen LogP contribution in [0, 0.1) is 10.1 Å². The Balaban J connectivity index is 2.03. The molecule has 1 fully saturated rings. The third-order valence-electron chi connectivity index (χ3n) is 3.34. The molecular formula is C16H18N2O6. The van der Waals surface area contributed by atoms with Crippen LogP contribution >= 0.6 is 0 Å². The highest BCUT2D eigenvalue weighted by atomic mass is 16.7. The Morgan fingerprint density at radius 2 is 1.75 bits per heavy atom. The van der Waals surface area contributed by atoms with Gasteiger partial charge in [0.2, 0.25) is 6.04 Å². The Morgan fingerprint density at radius 1 is 1.21 bits per heavy atom. The molecule has 1 heterocycles. The van der Waals surface area contributed by atoms with Crippen molar-refractivity contribution in [3.05, 3.63) is 51.7 Å². The Kier molecular flexibility index (Phi) is 4.87. The van der Waals surface area contributed by atoms with Crippen LogP contribution in [-0.2, 0) is 25.5 Å². The monoisotopic (exact) mass is 334 g/mol. The van der Waals surface area contributed by atoms with Gasteiger partial charge in [-0.1, -0.05) is 12.1 Å². The van der Waals surface area contributed by atoms with Gasteiger partial charge in [-0.25, -0.2) is 9.59 Å². The minimum atomic E-state index is -1.28. The summed E-state index contributed by atoms with van der Waals surface area (Å²) < 4.78 is 9.95. The van der Waals surface area contributed by atoms with E-state index in [0.29, 0.717) is 12.1 Å². The summed E-state index contributed by atoms with van der Waals surface area (Å²) in [7, 11) is 0. The molecule has 24 heavy (non-hydrogen) atoms. The number of cyclic esters (lactones) is 2. The summed E-state index contributed by atoms with van der Waals surface area (Å²) in [5.74, 6) is -2.80. The maximum Gasteiger partial charge on any atom is 0.350 e. The molecule has 1 aromatic carbocycles. The third-order valence-corrected chi connectivity index (χ3v) is 3.34. The largest absolute Gasteiger partial charge is 0.419 e. The first-order valence-electron chi connectivity index (χ1n) is 7.34. The molecule has 8 nitrogen and oxygen atoms in total. The highest BCUT2D eigenvalue weighted by Crippen LogP contribution is 2.22. The second-order valence-electron chi connectivity index (χ2n) is 5.92. The number of nitrogens with zero attached hydrogens (tertiary/aromatic N) is 1. The molecule has 1 atom stereocenters. The lowest BCUT2D eigenvalue weighted by atomic mass is 10.1. The number of ether oxygens (including phenoxy) is 2. The Labute approximate surface area is 138 Å². The van der Waals surface area contributed by atoms with Crippen molar-refractivity contribution in [2.75, 3.05) is 5.32 Å². The molecule has 0 aromatic heterocycles. The Morgan fingerprint density at radius 3 is 2.25 bits per heavy atom. The quantitative estimate of drug-likeness (QED) is 0.288. The number of carbonyl (C=O) groups is 2. The SMILES string of the molecule is CC(Cc1ccc(NC=C2C(=O)OC(C)(C)OC2=O)cc1)[N+](=O)[O-]. The van der Waals surface area contributed by atoms with Crippen molar-refractivity contribution < 1.29 is 24.0 Å². The number of nitro groups is 1. The average Bonchev–Trinajstić information content (AvgIpc) is 2.46. The van der Waals surface area contributed by atoms with Gasteiger partial charge in [-0.2, -0.15) is 0 Å². The van der Waals surface area contributed by atoms with Gasteiger partial charge in [0, 0.05) is 44.0 Å². The van der Waals surface area contributed by atoms with Crippen molar-refractivity contribution in [1.29, 1.82) is 0 Å². The van der Waals surface area contributed by atoms with Gasteiger partial charge in [0.1, 0.15) is 0 Å². The molecule has 0 aliphatic carbocycles. The number of esters is 2. The topological polar surface area (TPSA) is 108 Å². The van der Waals surface area contributed by atoms with E-state index in [-0.39, 0.29) is 10.5 Å². The van der Waals surface area contributed by atoms with Crippen molar-refractivity contribution in [1.82, 2.24) is 0 Å². The fourth-order valence-electron chi connectivity index (χ4n) is 2.09. The second-order valence-corrected chi connectivity index (χ2v) is 5.92. The van der Waals surface area contributed by atoms with Crippen LogP contribution in [-0.4, -0.2) is 28.7 Å². The first-order chi connectivity index (χ1) is 11.2. The maximum atomic E-state index is 11.8. The van der Waals surface area contributed by atoms with Crippen LogP contribution < -0.4 is 5.32 Å². The van der Waals surface area contributed by atoms with Crippen molar-refractivity contribution >= 4 is 17.6 Å². The number of hydrogen-bond acceptors (Lipinski definition) is 7. The molecule has 1 aliphatic heterocycles. The van der Waals surface area contributed by atoms with Gasteiger partial charge < -0.3 is 14.8 Å². The summed E-state index contributed by atoms with van der Waals surface area (Å²) in [5, 5.41) is 13.5. The molecule has 128 valence electrons. The Bertz CT molecular complexity index is 671. The first-order valence-corrected chi connectivity index (χ1v) is 7.34. The number of rotatable bonds is 5. The zero-order valence-electron chi connectivity index (χ0n) is 13.6. The summed E-state index contributed by atoms with van der Waals surface area (Å²) in [6.45, 7) is 4.48. The molecule has 2 rings (SSSR count). The number of carbonyl (C=O) groups excluding carboxylic acids is 2. The molecule has 0 saturated carbocycles. The smallest absolute Gasteiger partial charge is 0.350 e. The van der Waals surface area contributed by atoms with Gasteiger partial charge in [0.15, 0.2) is 5.57 Å². The normalized spacial score (nSPS) is 17.5. The minimum absolute atomic E-state index is 0.236. The van der Waals surface area contributed by atoms with Crippen LogP contribution in [0.15, 0.2) is 36.0 Å². The zero-order chi connectivity index (χ0) is 17.9. The number of nitrogens with one attached hydrogen (secondary N) is 1. The van der Waals surface area contributed by atoms with Crippen LogP contribution in [0.5, 0.6) is 0 Å². The molecule has 0 radical (unpaired) electrons. The van der Waals surface area contributed by atoms with Gasteiger partial charge in [-0.15, -0.1) is 0 Å². The van der Waals surface area contributed by atoms with Crippen LogP contribution in [0.3, 0.4) is 0 Å². The van der Waals surface area contributed by atoms with E-state index in [1.165, 1.54) is 20.0 Å². The minimum Gasteiger partial charge on any atom is -0.419 e. The van der Waals surface area contributed by atoms with E-state index in [9.17, 15) is 19.7 Å². The molecule has 8 heteroatoms. The van der Waals surface area contributed by atoms with Gasteiger partial charge in [-0.3, -0.25) is 10.1 Å². The van der Waals surface area contributed by atoms with Gasteiger partial charge >= 0.3 is 11.9 Å². The predicted octanol–water partition coefficient (Wildman–Crippen LogP) is 2.03. The number of benzene rings is 1. The molecule has 0 amide bonds. The summed E-state index contributed by atoms with van der Waals surface area (Å²) in [6.07, 6.45) is 1.54. The molecule has 1 unspecified atom stereocenters. The first kappa shape index (κ1) is 17.5. The standard InChI is InChI=1S/C16H18N2O6/c1-10(18(21)22)8-11-4-6-12(7-5-11)17-9-13-14(19)23-16(2,3)24-15(13)20/h4-7,9-10,17H,8H2,1-3H3. The van der Waals surface area contributed by atoms with Crippen LogP contribution in [0.25, 0.3) is 0 Å². The fourth-order valence-corrected chi connectivity index (χ4v) is 2.09. The van der Waals surface area contributed by atoms with E-state index in [1.807, 2.05) is 0 Å². The second kappa shape index (κ2) is 6.69. The molecule has 0 bridgehead atoms. The number of hydrogen-bond donors (Lipinski definition) is 1. The van der Waals surface area contributed by atoms with Gasteiger partial charge in [0.25, 0.3) is 5.79 Å². The molecule has 1 aromatic rings. The summed E-state index contributed by atoms with van der Waals surface area (Å²) in [5.41, 5.74) is 1.20. The molecule has 0 spiro atoms. The summed E-state index contributed by atoms with van der Waals surface area (Å²) in [4.78, 5) is 33.9. The molecule has 1 aliphatic rings. The summed E-state index contributed by atoms with van der Waals surface area (Å²) in [6, 6.07) is 6.20. The molecule has 1 saturated heterocycles. The van der Waals surface area contributed by atoms with Crippen molar-refractivity contribution in [2.24, 2.45) is 0 Å². The van der Waals surface area contributed by atoms with E-state index in [2.05, 4.69) is 5.32 Å². The zero-order valence-corrected chi connectivity index (χ0v) is 13.6. The molecular weight excluding hydrogens is 316 g/mol. The predicted molar refractivity (Wildman–Crippen MR) is 84.6 cm³/mol.